The van der Waals surface area contributed by atoms with Crippen molar-refractivity contribution >= 4 is 141 Å². The predicted octanol–water partition coefficient (Wildman–Crippen LogP) is 30.0. The van der Waals surface area contributed by atoms with Crippen molar-refractivity contribution in [3.63, 3.8) is 0 Å². The molecule has 0 saturated carbocycles. The molecule has 24 rings (SSSR count). The molecule has 0 bridgehead atoms. The zero-order valence-electron chi connectivity index (χ0n) is 61.9. The summed E-state index contributed by atoms with van der Waals surface area (Å²) in [5, 5.41) is 14.8. The first-order valence-corrected chi connectivity index (χ1v) is 39.8. The quantitative estimate of drug-likeness (QED) is 0.134. The van der Waals surface area contributed by atoms with Gasteiger partial charge in [0.2, 0.25) is 0 Å². The Morgan fingerprint density at radius 3 is 0.939 bits per heavy atom. The lowest BCUT2D eigenvalue weighted by atomic mass is 9.97. The first-order valence-electron chi connectivity index (χ1n) is 39.0. The van der Waals surface area contributed by atoms with Gasteiger partial charge in [0.1, 0.15) is 11.2 Å². The van der Waals surface area contributed by atoms with Crippen molar-refractivity contribution < 1.29 is 4.42 Å². The average molecular weight is 1470 g/mol. The summed E-state index contributed by atoms with van der Waals surface area (Å²) in [6.45, 7) is 0. The Morgan fingerprint density at radius 2 is 0.474 bits per heavy atom. The summed E-state index contributed by atoms with van der Waals surface area (Å²) in [4.78, 5) is 0. The molecular weight excluding hydrogens is 1400 g/mol. The fourth-order valence-electron chi connectivity index (χ4n) is 18.2. The number of benzene rings is 18. The molecule has 0 amide bonds. The number of hydrogen-bond donors (Lipinski definition) is 0. The van der Waals surface area contributed by atoms with Gasteiger partial charge in [-0.05, 0) is 213 Å². The Labute approximate surface area is 660 Å². The van der Waals surface area contributed by atoms with Gasteiger partial charge in [-0.3, -0.25) is 0 Å². The van der Waals surface area contributed by atoms with Crippen LogP contribution in [0.3, 0.4) is 0 Å². The van der Waals surface area contributed by atoms with Crippen LogP contribution in [0.15, 0.2) is 417 Å². The van der Waals surface area contributed by atoms with E-state index >= 15 is 0 Å². The van der Waals surface area contributed by atoms with E-state index in [0.717, 1.165) is 55.8 Å². The molecule has 0 aliphatic heterocycles. The predicted molar refractivity (Wildman–Crippen MR) is 483 cm³/mol. The van der Waals surface area contributed by atoms with Crippen LogP contribution >= 0.6 is 11.3 Å². The third-order valence-electron chi connectivity index (χ3n) is 23.5. The van der Waals surface area contributed by atoms with Crippen LogP contribution in [0.1, 0.15) is 0 Å². The molecular formula is C108H68N4OS. The maximum Gasteiger partial charge on any atom is 0.143 e. The van der Waals surface area contributed by atoms with E-state index in [1.54, 1.807) is 0 Å². The molecule has 114 heavy (non-hydrogen) atoms. The van der Waals surface area contributed by atoms with E-state index in [0.29, 0.717) is 0 Å². The molecule has 18 aromatic carbocycles. The van der Waals surface area contributed by atoms with Gasteiger partial charge in [0, 0.05) is 102 Å². The number of hydrogen-bond acceptors (Lipinski definition) is 2. The first-order chi connectivity index (χ1) is 56.5. The Bertz CT molecular complexity index is 7930. The highest BCUT2D eigenvalue weighted by atomic mass is 32.1. The summed E-state index contributed by atoms with van der Waals surface area (Å²) >= 11 is 1.87. The maximum atomic E-state index is 6.50. The largest absolute Gasteiger partial charge is 0.455 e. The molecule has 0 spiro atoms. The molecule has 0 N–H and O–H groups in total. The van der Waals surface area contributed by atoms with Crippen molar-refractivity contribution in [2.24, 2.45) is 0 Å². The van der Waals surface area contributed by atoms with E-state index in [2.05, 4.69) is 425 Å². The lowest BCUT2D eigenvalue weighted by molar-refractivity contribution is 0.670. The van der Waals surface area contributed by atoms with Crippen LogP contribution in [0, 0.1) is 0 Å². The van der Waals surface area contributed by atoms with Crippen LogP contribution in [0.2, 0.25) is 0 Å². The van der Waals surface area contributed by atoms with Crippen molar-refractivity contribution in [2.45, 2.75) is 0 Å². The molecule has 0 aliphatic rings. The Kier molecular flexibility index (Phi) is 15.1. The first kappa shape index (κ1) is 65.1. The lowest BCUT2D eigenvalue weighted by Crippen LogP contribution is -1.94. The van der Waals surface area contributed by atoms with Gasteiger partial charge >= 0.3 is 0 Å². The number of thiophene rings is 1. The van der Waals surface area contributed by atoms with Gasteiger partial charge in [-0.2, -0.15) is 0 Å². The van der Waals surface area contributed by atoms with Crippen molar-refractivity contribution in [3.05, 3.63) is 413 Å². The number of para-hydroxylation sites is 6. The van der Waals surface area contributed by atoms with Gasteiger partial charge < -0.3 is 22.7 Å². The summed E-state index contributed by atoms with van der Waals surface area (Å²) in [5.41, 5.74) is 30.4. The number of fused-ring (bicyclic) bond motifs is 18. The third kappa shape index (κ3) is 10.6. The highest BCUT2D eigenvalue weighted by Gasteiger charge is 2.23. The minimum absolute atomic E-state index is 0.910. The summed E-state index contributed by atoms with van der Waals surface area (Å²) < 4.78 is 18.7. The molecule has 6 heterocycles. The fourth-order valence-corrected chi connectivity index (χ4v) is 19.3. The molecule has 6 heteroatoms. The van der Waals surface area contributed by atoms with Crippen LogP contribution in [-0.2, 0) is 0 Å². The van der Waals surface area contributed by atoms with E-state index in [1.165, 1.54) is 163 Å². The second kappa shape index (κ2) is 26.5. The van der Waals surface area contributed by atoms with Gasteiger partial charge in [-0.25, -0.2) is 0 Å². The SMILES string of the molecule is c1ccc(-c2ccc(-n3c4ccccc4c4cc(-c5ccc6c(c5)c5cc(-c7cccc8c7oc7ccccc78)ccc5n6-c5ccccc5)ccc43)cc2)cc1.c1ccc(-c2ccc(-n3c4ccccc4c4cc(-c5ccc6c(c5)c5cc(-c7cccc8sc9ccccc9c78)ccc5n6-c5ccccc5)ccc43)cc2)cc1. The van der Waals surface area contributed by atoms with Gasteiger partial charge in [0.25, 0.3) is 0 Å². The Morgan fingerprint density at radius 1 is 0.175 bits per heavy atom. The molecule has 0 aliphatic carbocycles. The van der Waals surface area contributed by atoms with E-state index in [-0.39, 0.29) is 0 Å². The smallest absolute Gasteiger partial charge is 0.143 e. The van der Waals surface area contributed by atoms with Crippen molar-refractivity contribution in [1.29, 1.82) is 0 Å². The van der Waals surface area contributed by atoms with Gasteiger partial charge in [0.05, 0.1) is 44.1 Å². The summed E-state index contributed by atoms with van der Waals surface area (Å²) in [6.07, 6.45) is 0. The molecule has 6 aromatic heterocycles. The Balaban J connectivity index is 0.000000135. The second-order valence-electron chi connectivity index (χ2n) is 29.8. The highest BCUT2D eigenvalue weighted by molar-refractivity contribution is 7.26. The van der Waals surface area contributed by atoms with Crippen molar-refractivity contribution in [3.8, 4) is 89.5 Å². The molecule has 5 nitrogen and oxygen atoms in total. The van der Waals surface area contributed by atoms with Crippen LogP contribution in [-0.4, -0.2) is 18.3 Å². The fraction of sp³-hybridized carbons (Fsp3) is 0. The van der Waals surface area contributed by atoms with Gasteiger partial charge in [0.15, 0.2) is 0 Å². The molecule has 0 fully saturated rings. The number of aromatic nitrogens is 4. The topological polar surface area (TPSA) is 32.9 Å². The van der Waals surface area contributed by atoms with E-state index < -0.39 is 0 Å². The molecule has 24 aromatic rings. The molecule has 0 radical (unpaired) electrons. The van der Waals surface area contributed by atoms with Crippen molar-refractivity contribution in [2.75, 3.05) is 0 Å². The van der Waals surface area contributed by atoms with Gasteiger partial charge in [-0.15, -0.1) is 11.3 Å². The zero-order chi connectivity index (χ0) is 74.9. The molecule has 0 unspecified atom stereocenters. The highest BCUT2D eigenvalue weighted by Crippen LogP contribution is 2.47. The number of rotatable bonds is 10. The van der Waals surface area contributed by atoms with Crippen molar-refractivity contribution in [1.82, 2.24) is 18.3 Å². The second-order valence-corrected chi connectivity index (χ2v) is 30.9. The van der Waals surface area contributed by atoms with E-state index in [1.807, 2.05) is 17.4 Å². The molecule has 0 atom stereocenters. The Hall–Kier alpha value is -14.8. The normalized spacial score (nSPS) is 11.9. The average Bonchev–Trinajstić information content (AvgIpc) is 1.59. The van der Waals surface area contributed by atoms with Crippen LogP contribution in [0.5, 0.6) is 0 Å². The van der Waals surface area contributed by atoms with Gasteiger partial charge in [-0.1, -0.05) is 261 Å². The van der Waals surface area contributed by atoms with Crippen LogP contribution in [0.25, 0.3) is 219 Å². The third-order valence-corrected chi connectivity index (χ3v) is 24.6. The lowest BCUT2D eigenvalue weighted by Gasteiger charge is -2.10. The van der Waals surface area contributed by atoms with E-state index in [9.17, 15) is 0 Å². The standard InChI is InChI=1S/C54H34N2O.C54H34N2S/c1-3-12-35(13-4-1)36-22-27-41(28-23-36)56-49-20-9-7-16-43(49)46-32-37(24-29-50(46)56)38-25-30-51-47(33-38)48-34-39(26-31-52(48)55(51)40-14-5-2-6-15-40)42-18-11-19-45-44-17-8-10-21-53(44)57-54(42)45;1-3-12-35(13-4-1)36-22-27-41(28-23-36)56-48-19-9-7-16-43(48)45-32-37(24-29-49(45)56)38-25-30-50-46(33-38)47-34-39(26-31-51(47)55(50)40-14-5-2-6-15-40)42-18-11-21-53-54(42)44-17-8-10-20-52(44)57-53/h2*1-34H. The number of furan rings is 1. The van der Waals surface area contributed by atoms with Crippen LogP contribution < -0.4 is 0 Å². The minimum Gasteiger partial charge on any atom is -0.455 e. The molecule has 532 valence electrons. The number of nitrogens with zero attached hydrogens (tertiary/aromatic N) is 4. The zero-order valence-corrected chi connectivity index (χ0v) is 62.7. The maximum absolute atomic E-state index is 6.50. The van der Waals surface area contributed by atoms with E-state index in [4.69, 9.17) is 4.42 Å². The summed E-state index contributed by atoms with van der Waals surface area (Å²) in [6, 6.07) is 150. The van der Waals surface area contributed by atoms with Crippen LogP contribution in [0.4, 0.5) is 0 Å². The minimum atomic E-state index is 0.910. The monoisotopic (exact) mass is 1470 g/mol. The molecule has 0 saturated heterocycles. The summed E-state index contributed by atoms with van der Waals surface area (Å²) in [7, 11) is 0. The summed E-state index contributed by atoms with van der Waals surface area (Å²) in [5.74, 6) is 0.